The van der Waals surface area contributed by atoms with Gasteiger partial charge >= 0.3 is 39.9 Å². The van der Waals surface area contributed by atoms with Gasteiger partial charge in [-0.1, -0.05) is 0 Å². The summed E-state index contributed by atoms with van der Waals surface area (Å²) in [7, 11) is 0. The minimum atomic E-state index is -2.11. The van der Waals surface area contributed by atoms with E-state index in [0.717, 1.165) is 52.2 Å². The quantitative estimate of drug-likeness (QED) is 0.0271. The molecule has 0 rings (SSSR count). The largest absolute Gasteiger partial charge is 3.00 e. The number of rotatable bonds is 40. The van der Waals surface area contributed by atoms with Gasteiger partial charge in [0.1, 0.15) is 24.4 Å². The van der Waals surface area contributed by atoms with Crippen LogP contribution in [0.5, 0.6) is 0 Å². The van der Waals surface area contributed by atoms with Crippen LogP contribution in [0.2, 0.25) is 0 Å². The van der Waals surface area contributed by atoms with Crippen molar-refractivity contribution < 1.29 is 160 Å². The summed E-state index contributed by atoms with van der Waals surface area (Å²) in [5.41, 5.74) is 0. The minimum Gasteiger partial charge on any atom is -0.549 e. The number of aliphatic hydroxyl groups is 12. The topological polar surface area (TPSA) is 530 Å². The first-order chi connectivity index (χ1) is 34.8. The Labute approximate surface area is 468 Å². The van der Waals surface area contributed by atoms with E-state index in [1.165, 1.54) is 0 Å². The van der Waals surface area contributed by atoms with E-state index in [0.29, 0.717) is 0 Å². The van der Waals surface area contributed by atoms with Gasteiger partial charge in [-0.3, -0.25) is 43.5 Å². The van der Waals surface area contributed by atoms with Gasteiger partial charge in [-0.2, -0.15) is 0 Å². The zero-order valence-electron chi connectivity index (χ0n) is 42.3. The Morgan fingerprint density at radius 2 is 0.539 bits per heavy atom. The molecule has 0 aliphatic rings. The van der Waals surface area contributed by atoms with Crippen molar-refractivity contribution in [3.8, 4) is 0 Å². The molecule has 16 N–H and O–H groups in total. The first-order valence-corrected chi connectivity index (χ1v) is 23.4. The van der Waals surface area contributed by atoms with Crippen LogP contribution in [-0.2, 0) is 43.2 Å². The third kappa shape index (κ3) is 29.6. The summed E-state index contributed by atoms with van der Waals surface area (Å²) in [6, 6.07) is 0. The van der Waals surface area contributed by atoms with Gasteiger partial charge in [0.05, 0.1) is 55.4 Å². The first-order valence-electron chi connectivity index (χ1n) is 23.4. The molecular weight excluding hydrogens is 1170 g/mol. The fourth-order valence-electron chi connectivity index (χ4n) is 6.47. The van der Waals surface area contributed by atoms with Gasteiger partial charge in [-0.15, -0.1) is 0 Å². The molecule has 0 saturated heterocycles. The number of hydrogen-bond acceptors (Lipinski definition) is 27. The molecule has 0 unspecified atom stereocenters. The van der Waals surface area contributed by atoms with Crippen molar-refractivity contribution in [2.24, 2.45) is 0 Å². The number of nitrogens with zero attached hydrogens (tertiary/aromatic N) is 5. The van der Waals surface area contributed by atoms with Gasteiger partial charge in [0.2, 0.25) is 11.8 Å². The predicted octanol–water partition coefficient (Wildman–Crippen LogP) is -16.3. The molecule has 0 spiro atoms. The van der Waals surface area contributed by atoms with E-state index in [2.05, 4.69) is 21.3 Å². The van der Waals surface area contributed by atoms with Crippen LogP contribution in [0.1, 0.15) is 27.7 Å². The maximum absolute atomic E-state index is 13.7. The Bertz CT molecular complexity index is 1630. The molecule has 6 amide bonds. The molecule has 0 aliphatic heterocycles. The normalized spacial score (nSPS) is 16.2. The summed E-state index contributed by atoms with van der Waals surface area (Å²) in [5, 5.41) is 162. The number of carbonyl (C=O) groups is 9. The van der Waals surface area contributed by atoms with Crippen molar-refractivity contribution in [1.29, 1.82) is 0 Å². The number of aliphatic carboxylic acids is 3. The van der Waals surface area contributed by atoms with Crippen molar-refractivity contribution in [1.82, 2.24) is 45.8 Å². The number of amides is 6. The molecule has 439 valence electrons. The Kier molecular flexibility index (Phi) is 37.5. The molecule has 76 heavy (non-hydrogen) atoms. The van der Waals surface area contributed by atoms with Crippen molar-refractivity contribution >= 4 is 53.4 Å². The molecule has 0 fully saturated rings. The first kappa shape index (κ1) is 74.0. The Balaban J connectivity index is 0. The van der Waals surface area contributed by atoms with Gasteiger partial charge in [0.25, 0.3) is 23.6 Å². The van der Waals surface area contributed by atoms with Crippen LogP contribution >= 0.6 is 0 Å². The molecule has 1 radical (unpaired) electrons. The summed E-state index contributed by atoms with van der Waals surface area (Å²) < 4.78 is 0. The second-order valence-electron chi connectivity index (χ2n) is 17.4. The number of nitrogens with one attached hydrogen (secondary N) is 4. The van der Waals surface area contributed by atoms with Crippen LogP contribution in [0.3, 0.4) is 0 Å². The standard InChI is InChI=1S/C42H77N9O24.Gd/c1-22(52)31(64)35(68)39(72)43-5-9-50(10-6-44-40(73)36(69)32(65)23(2)53)26(56)17-48(20-29(60)61)15-13-47(19-28(58)59)14-16-49(21-30(62)63)18-27(57)51(11-7-45-41(74)37(70)33(66)24(3)54)12-8-46-42(75)38(71)34(67)25(4)55;/h22-25,31-38,52-55,64-71H,5-21H2,1-4H3,(H,43,72)(H,44,73)(H,45,74)(H,46,75)(H,58,59)(H,60,61)(H,62,63);/q;+3/p-3/t22-,23-,24-,25-,31+,32+,33+,34+,35-,36-,37-,38-;/m1./s1. The zero-order chi connectivity index (χ0) is 57.9. The zero-order valence-corrected chi connectivity index (χ0v) is 44.6. The second kappa shape index (κ2) is 38.5. The fraction of sp³-hybridized carbons (Fsp3) is 0.786. The number of carbonyl (C=O) groups excluding carboxylic acids is 9. The van der Waals surface area contributed by atoms with E-state index in [-0.39, 0.29) is 39.9 Å². The van der Waals surface area contributed by atoms with Crippen molar-refractivity contribution in [2.45, 2.75) is 101 Å². The molecule has 12 atom stereocenters. The molecule has 0 heterocycles. The van der Waals surface area contributed by atoms with Crippen LogP contribution in [0, 0.1) is 39.9 Å². The Morgan fingerprint density at radius 1 is 0.342 bits per heavy atom. The minimum absolute atomic E-state index is 0. The Morgan fingerprint density at radius 3 is 0.737 bits per heavy atom. The van der Waals surface area contributed by atoms with Crippen LogP contribution in [0.4, 0.5) is 0 Å². The molecule has 34 heteroatoms. The maximum atomic E-state index is 13.7. The van der Waals surface area contributed by atoms with Gasteiger partial charge < -0.3 is 122 Å². The van der Waals surface area contributed by atoms with Gasteiger partial charge in [-0.05, 0) is 27.7 Å². The second-order valence-corrected chi connectivity index (χ2v) is 17.4. The third-order valence-electron chi connectivity index (χ3n) is 11.0. The molecule has 0 bridgehead atoms. The van der Waals surface area contributed by atoms with Crippen LogP contribution < -0.4 is 36.6 Å². The summed E-state index contributed by atoms with van der Waals surface area (Å²) in [5.74, 6) is -11.6. The fourth-order valence-corrected chi connectivity index (χ4v) is 6.47. The molecule has 0 aromatic heterocycles. The molecule has 0 aromatic carbocycles. The van der Waals surface area contributed by atoms with E-state index >= 15 is 0 Å². The Hall–Kier alpha value is -4.05. The summed E-state index contributed by atoms with van der Waals surface area (Å²) in [4.78, 5) is 117. The van der Waals surface area contributed by atoms with Crippen molar-refractivity contribution in [2.75, 3.05) is 111 Å². The average molecular weight is 1250 g/mol. The molecular formula is C42H74GdN9O24. The number of aliphatic hydroxyl groups excluding tert-OH is 12. The number of hydrogen-bond donors (Lipinski definition) is 16. The summed E-state index contributed by atoms with van der Waals surface area (Å²) >= 11 is 0. The average Bonchev–Trinajstić information content (AvgIpc) is 3.32. The van der Waals surface area contributed by atoms with Crippen LogP contribution in [-0.4, -0.2) is 324 Å². The van der Waals surface area contributed by atoms with E-state index < -0.39 is 238 Å². The number of carboxylic acids is 3. The van der Waals surface area contributed by atoms with E-state index in [4.69, 9.17) is 0 Å². The summed E-state index contributed by atoms with van der Waals surface area (Å²) in [6.07, 6.45) is -22.2. The van der Waals surface area contributed by atoms with E-state index in [1.54, 1.807) is 0 Å². The maximum Gasteiger partial charge on any atom is 3.00 e. The third-order valence-corrected chi connectivity index (χ3v) is 11.0. The molecule has 33 nitrogen and oxygen atoms in total. The van der Waals surface area contributed by atoms with Gasteiger partial charge in [0.15, 0.2) is 24.4 Å². The smallest absolute Gasteiger partial charge is 0.549 e. The SMILES string of the molecule is C[C@@H](O)[C@H](O)[C@@H](O)C(=O)NCCN(CCNC(=O)[C@H](O)[C@@H](O)[C@@H](C)O)C(=O)CN(CCN(CCN(CC(=O)[O-])CC(=O)N(CCNC(=O)[C@H](O)[C@@H](O)[C@@H](C)O)CCNC(=O)[C@H](O)[C@@H](O)[C@@H](C)O)CC(=O)[O-])CC(=O)[O-].[Gd+3]. The number of carboxylic acid groups (broad SMARTS) is 3. The summed E-state index contributed by atoms with van der Waals surface area (Å²) in [6.45, 7) is -5.08. The van der Waals surface area contributed by atoms with E-state index in [9.17, 15) is 120 Å². The predicted molar refractivity (Wildman–Crippen MR) is 244 cm³/mol. The van der Waals surface area contributed by atoms with Gasteiger partial charge in [0, 0.05) is 98.2 Å². The van der Waals surface area contributed by atoms with Crippen LogP contribution in [0.25, 0.3) is 0 Å². The molecule has 0 aliphatic carbocycles. The molecule has 0 aromatic rings. The van der Waals surface area contributed by atoms with E-state index in [1.807, 2.05) is 0 Å². The van der Waals surface area contributed by atoms with Gasteiger partial charge in [-0.25, -0.2) is 0 Å². The van der Waals surface area contributed by atoms with Crippen molar-refractivity contribution in [3.05, 3.63) is 0 Å². The van der Waals surface area contributed by atoms with Crippen molar-refractivity contribution in [3.63, 3.8) is 0 Å². The van der Waals surface area contributed by atoms with Crippen LogP contribution in [0.15, 0.2) is 0 Å². The monoisotopic (exact) mass is 1250 g/mol. The molecule has 0 saturated carbocycles.